The Balaban J connectivity index is 1.12. The lowest BCUT2D eigenvalue weighted by Gasteiger charge is -2.28. The van der Waals surface area contributed by atoms with Gasteiger partial charge in [-0.15, -0.1) is 11.3 Å². The van der Waals surface area contributed by atoms with Crippen molar-refractivity contribution in [3.8, 4) is 22.3 Å². The summed E-state index contributed by atoms with van der Waals surface area (Å²) < 4.78 is 9.60. The molecule has 1 aliphatic rings. The van der Waals surface area contributed by atoms with Crippen LogP contribution in [0.5, 0.6) is 0 Å². The molecule has 53 heavy (non-hydrogen) atoms. The summed E-state index contributed by atoms with van der Waals surface area (Å²) in [6.45, 7) is 2.36. The molecule has 0 unspecified atom stereocenters. The summed E-state index contributed by atoms with van der Waals surface area (Å²) in [7, 11) is 0. The predicted molar refractivity (Wildman–Crippen MR) is 224 cm³/mol. The van der Waals surface area contributed by atoms with E-state index in [1.54, 1.807) is 0 Å². The highest BCUT2D eigenvalue weighted by molar-refractivity contribution is 7.26. The molecule has 0 N–H and O–H groups in total. The van der Waals surface area contributed by atoms with Gasteiger partial charge in [-0.1, -0.05) is 140 Å². The monoisotopic (exact) mass is 695 g/mol. The maximum Gasteiger partial charge on any atom is 0.139 e. The summed E-state index contributed by atoms with van der Waals surface area (Å²) in [6.07, 6.45) is 0. The van der Waals surface area contributed by atoms with E-state index in [2.05, 4.69) is 194 Å². The van der Waals surface area contributed by atoms with Crippen LogP contribution < -0.4 is 4.90 Å². The first-order chi connectivity index (χ1) is 26.2. The largest absolute Gasteiger partial charge is 0.456 e. The maximum absolute atomic E-state index is 7.04. The van der Waals surface area contributed by atoms with Crippen molar-refractivity contribution in [2.75, 3.05) is 4.90 Å². The Kier molecular flexibility index (Phi) is 6.58. The van der Waals surface area contributed by atoms with Crippen LogP contribution in [0.15, 0.2) is 186 Å². The van der Waals surface area contributed by atoms with Crippen LogP contribution >= 0.6 is 11.3 Å². The molecule has 0 radical (unpaired) electrons. The Morgan fingerprint density at radius 3 is 1.87 bits per heavy atom. The van der Waals surface area contributed by atoms with Gasteiger partial charge in [0.05, 0.1) is 10.4 Å². The molecule has 1 aliphatic carbocycles. The summed E-state index contributed by atoms with van der Waals surface area (Å²) >= 11 is 1.85. The molecule has 0 bridgehead atoms. The van der Waals surface area contributed by atoms with Gasteiger partial charge in [0.2, 0.25) is 0 Å². The lowest BCUT2D eigenvalue weighted by molar-refractivity contribution is 0.638. The van der Waals surface area contributed by atoms with Gasteiger partial charge in [-0.05, 0) is 76.7 Å². The molecule has 0 saturated carbocycles. The average Bonchev–Trinajstić information content (AvgIpc) is 3.87. The van der Waals surface area contributed by atoms with Gasteiger partial charge in [-0.3, -0.25) is 0 Å². The minimum Gasteiger partial charge on any atom is -0.456 e. The van der Waals surface area contributed by atoms with Gasteiger partial charge < -0.3 is 9.32 Å². The molecular formula is C50H33NOS. The summed E-state index contributed by atoms with van der Waals surface area (Å²) in [5, 5.41) is 4.82. The summed E-state index contributed by atoms with van der Waals surface area (Å²) in [4.78, 5) is 2.39. The molecule has 2 aromatic heterocycles. The van der Waals surface area contributed by atoms with Crippen LogP contribution in [0.2, 0.25) is 0 Å². The smallest absolute Gasteiger partial charge is 0.139 e. The number of rotatable bonds is 5. The van der Waals surface area contributed by atoms with Crippen molar-refractivity contribution < 1.29 is 4.42 Å². The van der Waals surface area contributed by atoms with E-state index in [4.69, 9.17) is 4.42 Å². The highest BCUT2D eigenvalue weighted by Gasteiger charge is 2.42. The molecule has 0 atom stereocenters. The number of nitrogens with zero attached hydrogens (tertiary/aromatic N) is 1. The van der Waals surface area contributed by atoms with Crippen LogP contribution in [-0.4, -0.2) is 0 Å². The summed E-state index contributed by atoms with van der Waals surface area (Å²) in [6, 6.07) is 66.0. The molecule has 0 fully saturated rings. The highest BCUT2D eigenvalue weighted by atomic mass is 32.1. The number of anilines is 3. The minimum absolute atomic E-state index is 0.354. The van der Waals surface area contributed by atoms with Crippen LogP contribution in [0.25, 0.3) is 64.4 Å². The lowest BCUT2D eigenvalue weighted by atomic mass is 9.74. The van der Waals surface area contributed by atoms with Crippen LogP contribution in [0.1, 0.15) is 23.6 Å². The number of hydrogen-bond donors (Lipinski definition) is 0. The van der Waals surface area contributed by atoms with Crippen LogP contribution in [0.4, 0.5) is 17.1 Å². The zero-order chi connectivity index (χ0) is 35.1. The zero-order valence-corrected chi connectivity index (χ0v) is 29.9. The second-order valence-electron chi connectivity index (χ2n) is 14.2. The Bertz CT molecular complexity index is 2980. The molecule has 11 rings (SSSR count). The van der Waals surface area contributed by atoms with Crippen molar-refractivity contribution in [3.05, 3.63) is 199 Å². The fourth-order valence-corrected chi connectivity index (χ4v) is 10.0. The molecule has 0 amide bonds. The number of thiophene rings is 1. The van der Waals surface area contributed by atoms with Gasteiger partial charge >= 0.3 is 0 Å². The van der Waals surface area contributed by atoms with Gasteiger partial charge in [0.15, 0.2) is 0 Å². The molecule has 3 heteroatoms. The number of benzene rings is 8. The van der Waals surface area contributed by atoms with E-state index >= 15 is 0 Å². The summed E-state index contributed by atoms with van der Waals surface area (Å²) in [5.41, 5.74) is 13.6. The lowest BCUT2D eigenvalue weighted by Crippen LogP contribution is -2.22. The van der Waals surface area contributed by atoms with Gasteiger partial charge in [-0.25, -0.2) is 0 Å². The third kappa shape index (κ3) is 4.44. The Hall–Kier alpha value is -6.42. The third-order valence-corrected chi connectivity index (χ3v) is 12.6. The van der Waals surface area contributed by atoms with E-state index in [0.29, 0.717) is 0 Å². The van der Waals surface area contributed by atoms with Crippen LogP contribution in [0, 0.1) is 0 Å². The molecule has 8 aromatic carbocycles. The second-order valence-corrected chi connectivity index (χ2v) is 15.2. The first-order valence-corrected chi connectivity index (χ1v) is 19.0. The number of furan rings is 1. The second kappa shape index (κ2) is 11.5. The fraction of sp³-hybridized carbons (Fsp3) is 0.0400. The normalized spacial score (nSPS) is 13.2. The molecule has 2 nitrogen and oxygen atoms in total. The standard InChI is InChI=1S/C50H33NOS/c1-50(42-20-8-5-15-36(42)37-16-6-9-21-43(37)50)44-22-11-18-40-38-30-29-35(31-46(38)52-48(40)44)51(34-27-25-33(26-28-34)32-13-3-2-4-14-32)45-23-12-19-41-39-17-7-10-24-47(39)53-49(41)45/h2-31H,1H3. The maximum atomic E-state index is 7.04. The predicted octanol–water partition coefficient (Wildman–Crippen LogP) is 14.4. The molecule has 0 saturated heterocycles. The molecule has 0 aliphatic heterocycles. The third-order valence-electron chi connectivity index (χ3n) is 11.4. The molecular weight excluding hydrogens is 663 g/mol. The van der Waals surface area contributed by atoms with Crippen LogP contribution in [-0.2, 0) is 5.41 Å². The molecule has 10 aromatic rings. The van der Waals surface area contributed by atoms with Gasteiger partial charge in [-0.2, -0.15) is 0 Å². The number of hydrogen-bond acceptors (Lipinski definition) is 3. The topological polar surface area (TPSA) is 16.4 Å². The van der Waals surface area contributed by atoms with Crippen molar-refractivity contribution >= 4 is 70.5 Å². The fourth-order valence-electron chi connectivity index (χ4n) is 8.83. The Morgan fingerprint density at radius 1 is 0.472 bits per heavy atom. The number of fused-ring (bicyclic) bond motifs is 9. The van der Waals surface area contributed by atoms with Gasteiger partial charge in [0.25, 0.3) is 0 Å². The molecule has 0 spiro atoms. The van der Waals surface area contributed by atoms with Crippen molar-refractivity contribution in [1.29, 1.82) is 0 Å². The molecule has 2 heterocycles. The first-order valence-electron chi connectivity index (χ1n) is 18.2. The Morgan fingerprint density at radius 2 is 1.08 bits per heavy atom. The quantitative estimate of drug-likeness (QED) is 0.178. The zero-order valence-electron chi connectivity index (χ0n) is 29.1. The van der Waals surface area contributed by atoms with Gasteiger partial charge in [0, 0.05) is 54.7 Å². The van der Waals surface area contributed by atoms with Crippen molar-refractivity contribution in [2.45, 2.75) is 12.3 Å². The van der Waals surface area contributed by atoms with Gasteiger partial charge in [0.1, 0.15) is 11.2 Å². The van der Waals surface area contributed by atoms with Crippen molar-refractivity contribution in [2.24, 2.45) is 0 Å². The van der Waals surface area contributed by atoms with E-state index in [1.165, 1.54) is 59.1 Å². The highest BCUT2D eigenvalue weighted by Crippen LogP contribution is 2.54. The van der Waals surface area contributed by atoms with Crippen molar-refractivity contribution in [1.82, 2.24) is 0 Å². The van der Waals surface area contributed by atoms with E-state index in [-0.39, 0.29) is 5.41 Å². The first kappa shape index (κ1) is 30.2. The van der Waals surface area contributed by atoms with Crippen molar-refractivity contribution in [3.63, 3.8) is 0 Å². The van der Waals surface area contributed by atoms with Crippen LogP contribution in [0.3, 0.4) is 0 Å². The van der Waals surface area contributed by atoms with E-state index in [0.717, 1.165) is 39.0 Å². The average molecular weight is 696 g/mol. The minimum atomic E-state index is -0.354. The SMILES string of the molecule is CC1(c2cccc3c2oc2cc(N(c4ccc(-c5ccccc5)cc4)c4cccc5c4sc4ccccc45)ccc23)c2ccccc2-c2ccccc21. The van der Waals surface area contributed by atoms with E-state index < -0.39 is 0 Å². The van der Waals surface area contributed by atoms with E-state index in [9.17, 15) is 0 Å². The Labute approximate surface area is 311 Å². The molecule has 250 valence electrons. The number of para-hydroxylation sites is 1. The summed E-state index contributed by atoms with van der Waals surface area (Å²) in [5.74, 6) is 0. The van der Waals surface area contributed by atoms with E-state index in [1.807, 2.05) is 11.3 Å².